The Labute approximate surface area is 123 Å². The second-order valence-corrected chi connectivity index (χ2v) is 4.39. The van der Waals surface area contributed by atoms with Crippen molar-refractivity contribution < 1.29 is 14.2 Å². The third-order valence-electron chi connectivity index (χ3n) is 2.95. The average Bonchev–Trinajstić information content (AvgIpc) is 2.96. The van der Waals surface area contributed by atoms with Gasteiger partial charge in [-0.1, -0.05) is 6.07 Å². The van der Waals surface area contributed by atoms with Crippen LogP contribution in [-0.4, -0.2) is 36.0 Å². The second-order valence-electron chi connectivity index (χ2n) is 4.39. The Morgan fingerprint density at radius 1 is 1.29 bits per heavy atom. The lowest BCUT2D eigenvalue weighted by molar-refractivity contribution is 0.178. The van der Waals surface area contributed by atoms with Crippen molar-refractivity contribution in [3.8, 4) is 11.5 Å². The lowest BCUT2D eigenvalue weighted by Gasteiger charge is -2.13. The number of nitrogens with zero attached hydrogens (tertiary/aromatic N) is 2. The van der Waals surface area contributed by atoms with Crippen LogP contribution in [0.5, 0.6) is 11.5 Å². The molecule has 0 saturated heterocycles. The average molecular weight is 292 g/mol. The van der Waals surface area contributed by atoms with Crippen LogP contribution in [0.1, 0.15) is 30.2 Å². The standard InChI is InChI=1S/C14H20N4O3/c1-4-21-11-7-9(5-6-10(11)20-3)13(15)14-16-12(8-19-2)17-18-14/h5-7,13H,4,8,15H2,1-3H3,(H,16,17,18)/t13-/m0/s1. The van der Waals surface area contributed by atoms with Gasteiger partial charge in [0.05, 0.1) is 19.8 Å². The summed E-state index contributed by atoms with van der Waals surface area (Å²) in [6, 6.07) is 5.10. The topological polar surface area (TPSA) is 95.3 Å². The van der Waals surface area contributed by atoms with E-state index in [1.165, 1.54) is 0 Å². The van der Waals surface area contributed by atoms with Crippen LogP contribution in [0.4, 0.5) is 0 Å². The smallest absolute Gasteiger partial charge is 0.171 e. The maximum absolute atomic E-state index is 6.20. The fourth-order valence-electron chi connectivity index (χ4n) is 1.95. The number of nitrogens with one attached hydrogen (secondary N) is 1. The van der Waals surface area contributed by atoms with Crippen LogP contribution in [0.15, 0.2) is 18.2 Å². The number of methoxy groups -OCH3 is 2. The summed E-state index contributed by atoms with van der Waals surface area (Å²) in [5.74, 6) is 2.47. The van der Waals surface area contributed by atoms with Crippen molar-refractivity contribution in [1.82, 2.24) is 15.2 Å². The highest BCUT2D eigenvalue weighted by molar-refractivity contribution is 5.44. The van der Waals surface area contributed by atoms with Gasteiger partial charge < -0.3 is 19.9 Å². The zero-order valence-corrected chi connectivity index (χ0v) is 12.4. The Kier molecular flexibility index (Phi) is 5.13. The molecule has 114 valence electrons. The number of hydrogen-bond acceptors (Lipinski definition) is 6. The summed E-state index contributed by atoms with van der Waals surface area (Å²) in [4.78, 5) is 4.31. The van der Waals surface area contributed by atoms with Gasteiger partial charge in [0.25, 0.3) is 0 Å². The first-order valence-corrected chi connectivity index (χ1v) is 6.66. The van der Waals surface area contributed by atoms with Crippen LogP contribution in [-0.2, 0) is 11.3 Å². The van der Waals surface area contributed by atoms with Gasteiger partial charge in [-0.2, -0.15) is 5.10 Å². The summed E-state index contributed by atoms with van der Waals surface area (Å²) >= 11 is 0. The molecule has 0 fully saturated rings. The van der Waals surface area contributed by atoms with Gasteiger partial charge in [0, 0.05) is 7.11 Å². The highest BCUT2D eigenvalue weighted by Gasteiger charge is 2.17. The van der Waals surface area contributed by atoms with Crippen LogP contribution >= 0.6 is 0 Å². The van der Waals surface area contributed by atoms with E-state index < -0.39 is 6.04 Å². The van der Waals surface area contributed by atoms with Crippen molar-refractivity contribution in [2.75, 3.05) is 20.8 Å². The molecule has 0 spiro atoms. The molecule has 7 heteroatoms. The van der Waals surface area contributed by atoms with Gasteiger partial charge in [-0.25, -0.2) is 4.98 Å². The molecule has 2 rings (SSSR count). The highest BCUT2D eigenvalue weighted by atomic mass is 16.5. The molecule has 2 aromatic rings. The molecule has 1 aromatic heterocycles. The van der Waals surface area contributed by atoms with Gasteiger partial charge in [-0.3, -0.25) is 5.10 Å². The Bertz CT molecular complexity index is 585. The fourth-order valence-corrected chi connectivity index (χ4v) is 1.95. The number of aromatic amines is 1. The van der Waals surface area contributed by atoms with E-state index in [0.717, 1.165) is 5.56 Å². The summed E-state index contributed by atoms with van der Waals surface area (Å²) in [5, 5.41) is 6.91. The number of ether oxygens (including phenoxy) is 3. The lowest BCUT2D eigenvalue weighted by Crippen LogP contribution is -2.14. The third-order valence-corrected chi connectivity index (χ3v) is 2.95. The molecule has 0 unspecified atom stereocenters. The van der Waals surface area contributed by atoms with Gasteiger partial charge >= 0.3 is 0 Å². The van der Waals surface area contributed by atoms with Crippen molar-refractivity contribution >= 4 is 0 Å². The maximum atomic E-state index is 6.20. The number of hydrogen-bond donors (Lipinski definition) is 2. The minimum atomic E-state index is -0.447. The quantitative estimate of drug-likeness (QED) is 0.801. The number of nitrogens with two attached hydrogens (primary N) is 1. The van der Waals surface area contributed by atoms with Crippen molar-refractivity contribution in [3.05, 3.63) is 35.4 Å². The highest BCUT2D eigenvalue weighted by Crippen LogP contribution is 2.30. The normalized spacial score (nSPS) is 12.2. The van der Waals surface area contributed by atoms with Crippen molar-refractivity contribution in [2.45, 2.75) is 19.6 Å². The lowest BCUT2D eigenvalue weighted by atomic mass is 10.1. The first-order valence-electron chi connectivity index (χ1n) is 6.66. The first kappa shape index (κ1) is 15.3. The summed E-state index contributed by atoms with van der Waals surface area (Å²) in [5.41, 5.74) is 7.05. The first-order chi connectivity index (χ1) is 10.2. The monoisotopic (exact) mass is 292 g/mol. The molecule has 0 saturated carbocycles. The largest absolute Gasteiger partial charge is 0.493 e. The third kappa shape index (κ3) is 3.50. The van der Waals surface area contributed by atoms with Crippen LogP contribution in [0.2, 0.25) is 0 Å². The molecule has 7 nitrogen and oxygen atoms in total. The summed E-state index contributed by atoms with van der Waals surface area (Å²) < 4.78 is 15.8. The van der Waals surface area contributed by atoms with E-state index >= 15 is 0 Å². The predicted octanol–water partition coefficient (Wildman–Crippen LogP) is 1.41. The Morgan fingerprint density at radius 3 is 2.76 bits per heavy atom. The van der Waals surface area contributed by atoms with Crippen LogP contribution in [0, 0.1) is 0 Å². The van der Waals surface area contributed by atoms with E-state index in [1.807, 2.05) is 25.1 Å². The summed E-state index contributed by atoms with van der Waals surface area (Å²) in [6.07, 6.45) is 0. The molecule has 21 heavy (non-hydrogen) atoms. The van der Waals surface area contributed by atoms with Crippen molar-refractivity contribution in [3.63, 3.8) is 0 Å². The van der Waals surface area contributed by atoms with E-state index in [0.29, 0.717) is 36.4 Å². The summed E-state index contributed by atoms with van der Waals surface area (Å²) in [6.45, 7) is 2.83. The van der Waals surface area contributed by atoms with Gasteiger partial charge in [0.1, 0.15) is 6.61 Å². The molecular weight excluding hydrogens is 272 g/mol. The number of benzene rings is 1. The Morgan fingerprint density at radius 2 is 2.10 bits per heavy atom. The SMILES string of the molecule is CCOc1cc([C@H](N)c2n[nH]c(COC)n2)ccc1OC. The number of aromatic nitrogens is 3. The molecule has 1 aromatic carbocycles. The van der Waals surface area contributed by atoms with E-state index in [-0.39, 0.29) is 0 Å². The zero-order chi connectivity index (χ0) is 15.2. The molecule has 0 aliphatic heterocycles. The van der Waals surface area contributed by atoms with E-state index in [9.17, 15) is 0 Å². The molecule has 1 heterocycles. The molecule has 1 atom stereocenters. The van der Waals surface area contributed by atoms with Crippen LogP contribution < -0.4 is 15.2 Å². The maximum Gasteiger partial charge on any atom is 0.171 e. The molecule has 3 N–H and O–H groups in total. The van der Waals surface area contributed by atoms with Crippen LogP contribution in [0.3, 0.4) is 0 Å². The number of rotatable bonds is 7. The minimum absolute atomic E-state index is 0.368. The Balaban J connectivity index is 2.24. The van der Waals surface area contributed by atoms with E-state index in [2.05, 4.69) is 15.2 Å². The van der Waals surface area contributed by atoms with Gasteiger partial charge in [0.15, 0.2) is 23.1 Å². The number of H-pyrrole nitrogens is 1. The second kappa shape index (κ2) is 7.05. The minimum Gasteiger partial charge on any atom is -0.493 e. The predicted molar refractivity (Wildman–Crippen MR) is 77.3 cm³/mol. The van der Waals surface area contributed by atoms with Gasteiger partial charge in [-0.05, 0) is 24.6 Å². The molecule has 0 radical (unpaired) electrons. The molecule has 0 aliphatic rings. The molecule has 0 bridgehead atoms. The fraction of sp³-hybridized carbons (Fsp3) is 0.429. The Hall–Kier alpha value is -2.12. The van der Waals surface area contributed by atoms with Crippen molar-refractivity contribution in [1.29, 1.82) is 0 Å². The van der Waals surface area contributed by atoms with Gasteiger partial charge in [-0.15, -0.1) is 0 Å². The zero-order valence-electron chi connectivity index (χ0n) is 12.4. The molecule has 0 amide bonds. The molecular formula is C14H20N4O3. The summed E-state index contributed by atoms with van der Waals surface area (Å²) in [7, 11) is 3.20. The van der Waals surface area contributed by atoms with Crippen LogP contribution in [0.25, 0.3) is 0 Å². The van der Waals surface area contributed by atoms with E-state index in [1.54, 1.807) is 14.2 Å². The van der Waals surface area contributed by atoms with Gasteiger partial charge in [0.2, 0.25) is 0 Å². The van der Waals surface area contributed by atoms with E-state index in [4.69, 9.17) is 19.9 Å². The molecule has 0 aliphatic carbocycles. The van der Waals surface area contributed by atoms with Crippen molar-refractivity contribution in [2.24, 2.45) is 5.73 Å².